The van der Waals surface area contributed by atoms with Crippen molar-refractivity contribution < 1.29 is 4.92 Å². The molecule has 0 radical (unpaired) electrons. The highest BCUT2D eigenvalue weighted by atomic mass is 79.9. The zero-order valence-corrected chi connectivity index (χ0v) is 9.54. The number of nitrogens with zero attached hydrogens (tertiary/aromatic N) is 1. The molecule has 0 saturated carbocycles. The van der Waals surface area contributed by atoms with E-state index in [1.165, 1.54) is 6.07 Å². The third-order valence-electron chi connectivity index (χ3n) is 2.09. The van der Waals surface area contributed by atoms with Gasteiger partial charge in [-0.25, -0.2) is 0 Å². The van der Waals surface area contributed by atoms with Gasteiger partial charge in [-0.3, -0.25) is 10.1 Å². The van der Waals surface area contributed by atoms with Gasteiger partial charge >= 0.3 is 0 Å². The molecule has 0 heterocycles. The summed E-state index contributed by atoms with van der Waals surface area (Å²) in [6.45, 7) is 1.95. The monoisotopic (exact) mass is 258 g/mol. The molecule has 0 aromatic heterocycles. The van der Waals surface area contributed by atoms with E-state index in [0.717, 1.165) is 10.0 Å². The second-order valence-electron chi connectivity index (χ2n) is 2.97. The van der Waals surface area contributed by atoms with Crippen LogP contribution in [0.1, 0.15) is 18.5 Å². The second-order valence-corrected chi connectivity index (χ2v) is 3.83. The molecule has 0 aliphatic carbocycles. The Morgan fingerprint density at radius 3 is 2.71 bits per heavy atom. The van der Waals surface area contributed by atoms with Gasteiger partial charge in [-0.05, 0) is 25.6 Å². The Balaban J connectivity index is 3.14. The number of halogens is 1. The lowest BCUT2D eigenvalue weighted by Gasteiger charge is -2.11. The van der Waals surface area contributed by atoms with Crippen LogP contribution in [0.5, 0.6) is 0 Å². The molecule has 0 bridgehead atoms. The van der Waals surface area contributed by atoms with E-state index in [1.54, 1.807) is 12.1 Å². The van der Waals surface area contributed by atoms with Crippen molar-refractivity contribution >= 4 is 21.6 Å². The highest BCUT2D eigenvalue weighted by molar-refractivity contribution is 9.10. The van der Waals surface area contributed by atoms with Gasteiger partial charge in [0.2, 0.25) is 0 Å². The minimum absolute atomic E-state index is 0.0873. The Bertz CT molecular complexity index is 355. The van der Waals surface area contributed by atoms with Crippen LogP contribution in [-0.4, -0.2) is 12.0 Å². The predicted octanol–water partition coefficient (Wildman–Crippen LogP) is 2.64. The summed E-state index contributed by atoms with van der Waals surface area (Å²) < 4.78 is 0.880. The average Bonchev–Trinajstić information content (AvgIpc) is 2.17. The zero-order chi connectivity index (χ0) is 10.7. The van der Waals surface area contributed by atoms with Crippen LogP contribution in [0.4, 0.5) is 5.69 Å². The van der Waals surface area contributed by atoms with Gasteiger partial charge in [0.05, 0.1) is 4.92 Å². The highest BCUT2D eigenvalue weighted by Crippen LogP contribution is 2.27. The van der Waals surface area contributed by atoms with Gasteiger partial charge in [-0.1, -0.05) is 15.9 Å². The van der Waals surface area contributed by atoms with Gasteiger partial charge in [0, 0.05) is 22.6 Å². The van der Waals surface area contributed by atoms with Crippen LogP contribution in [0.25, 0.3) is 0 Å². The molecule has 1 aromatic rings. The summed E-state index contributed by atoms with van der Waals surface area (Å²) in [6.07, 6.45) is 0. The average molecular weight is 259 g/mol. The smallest absolute Gasteiger partial charge is 0.269 e. The lowest BCUT2D eigenvalue weighted by Crippen LogP contribution is -2.13. The number of nitrogens with one attached hydrogen (secondary N) is 1. The molecule has 1 aromatic carbocycles. The molecule has 0 amide bonds. The first kappa shape index (κ1) is 11.1. The lowest BCUT2D eigenvalue weighted by molar-refractivity contribution is -0.384. The fourth-order valence-corrected chi connectivity index (χ4v) is 1.72. The summed E-state index contributed by atoms with van der Waals surface area (Å²) in [6, 6.07) is 4.84. The van der Waals surface area contributed by atoms with Crippen LogP contribution < -0.4 is 5.32 Å². The molecule has 0 aliphatic rings. The van der Waals surface area contributed by atoms with E-state index >= 15 is 0 Å². The Labute approximate surface area is 90.6 Å². The molecule has 1 atom stereocenters. The van der Waals surface area contributed by atoms with Crippen molar-refractivity contribution in [3.63, 3.8) is 0 Å². The number of hydrogen-bond acceptors (Lipinski definition) is 3. The van der Waals surface area contributed by atoms with Crippen molar-refractivity contribution in [3.05, 3.63) is 38.3 Å². The topological polar surface area (TPSA) is 55.2 Å². The quantitative estimate of drug-likeness (QED) is 0.670. The molecule has 0 aliphatic heterocycles. The van der Waals surface area contributed by atoms with Crippen molar-refractivity contribution in [2.75, 3.05) is 7.05 Å². The van der Waals surface area contributed by atoms with Crippen molar-refractivity contribution in [2.24, 2.45) is 0 Å². The lowest BCUT2D eigenvalue weighted by atomic mass is 10.1. The highest BCUT2D eigenvalue weighted by Gasteiger charge is 2.12. The van der Waals surface area contributed by atoms with Gasteiger partial charge in [0.1, 0.15) is 0 Å². The first-order valence-corrected chi connectivity index (χ1v) is 4.96. The molecular weight excluding hydrogens is 248 g/mol. The van der Waals surface area contributed by atoms with Crippen LogP contribution in [0, 0.1) is 10.1 Å². The van der Waals surface area contributed by atoms with Crippen LogP contribution in [0.2, 0.25) is 0 Å². The van der Waals surface area contributed by atoms with E-state index < -0.39 is 4.92 Å². The van der Waals surface area contributed by atoms with Gasteiger partial charge in [0.15, 0.2) is 0 Å². The Hall–Kier alpha value is -0.940. The van der Waals surface area contributed by atoms with Gasteiger partial charge < -0.3 is 5.32 Å². The first-order chi connectivity index (χ1) is 6.56. The second kappa shape index (κ2) is 4.52. The molecule has 76 valence electrons. The summed E-state index contributed by atoms with van der Waals surface area (Å²) in [5, 5.41) is 13.6. The van der Waals surface area contributed by atoms with Gasteiger partial charge in [-0.2, -0.15) is 0 Å². The van der Waals surface area contributed by atoms with Crippen molar-refractivity contribution in [1.82, 2.24) is 5.32 Å². The SMILES string of the molecule is CN[C@H](C)c1cc([N+](=O)[O-])ccc1Br. The fraction of sp³-hybridized carbons (Fsp3) is 0.333. The first-order valence-electron chi connectivity index (χ1n) is 4.17. The van der Waals surface area contributed by atoms with Gasteiger partial charge in [-0.15, -0.1) is 0 Å². The molecular formula is C9H11BrN2O2. The number of nitro groups is 1. The summed E-state index contributed by atoms with van der Waals surface area (Å²) >= 11 is 3.36. The van der Waals surface area contributed by atoms with Crippen molar-refractivity contribution in [2.45, 2.75) is 13.0 Å². The van der Waals surface area contributed by atoms with Crippen molar-refractivity contribution in [3.8, 4) is 0 Å². The largest absolute Gasteiger partial charge is 0.313 e. The summed E-state index contributed by atoms with van der Waals surface area (Å²) in [5.74, 6) is 0. The van der Waals surface area contributed by atoms with Crippen LogP contribution in [0.3, 0.4) is 0 Å². The number of rotatable bonds is 3. The molecule has 0 fully saturated rings. The van der Waals surface area contributed by atoms with Crippen LogP contribution in [-0.2, 0) is 0 Å². The maximum atomic E-state index is 10.5. The number of hydrogen-bond donors (Lipinski definition) is 1. The third kappa shape index (κ3) is 2.30. The van der Waals surface area contributed by atoms with Crippen molar-refractivity contribution in [1.29, 1.82) is 0 Å². The Morgan fingerprint density at radius 2 is 2.21 bits per heavy atom. The normalized spacial score (nSPS) is 12.5. The van der Waals surface area contributed by atoms with Crippen LogP contribution in [0.15, 0.2) is 22.7 Å². The van der Waals surface area contributed by atoms with E-state index in [1.807, 2.05) is 14.0 Å². The molecule has 4 nitrogen and oxygen atoms in total. The minimum Gasteiger partial charge on any atom is -0.313 e. The van der Waals surface area contributed by atoms with E-state index in [4.69, 9.17) is 0 Å². The Morgan fingerprint density at radius 1 is 1.57 bits per heavy atom. The fourth-order valence-electron chi connectivity index (χ4n) is 1.13. The summed E-state index contributed by atoms with van der Waals surface area (Å²) in [7, 11) is 1.82. The predicted molar refractivity (Wildman–Crippen MR) is 58.3 cm³/mol. The third-order valence-corrected chi connectivity index (χ3v) is 2.81. The van der Waals surface area contributed by atoms with E-state index in [-0.39, 0.29) is 11.7 Å². The standard InChI is InChI=1S/C9H11BrN2O2/c1-6(11-2)8-5-7(12(13)14)3-4-9(8)10/h3-6,11H,1-2H3/t6-/m1/s1. The molecule has 5 heteroatoms. The maximum absolute atomic E-state index is 10.5. The molecule has 14 heavy (non-hydrogen) atoms. The summed E-state index contributed by atoms with van der Waals surface area (Å²) in [5.41, 5.74) is 1.01. The minimum atomic E-state index is -0.391. The molecule has 1 rings (SSSR count). The number of non-ortho nitro benzene ring substituents is 1. The molecule has 0 spiro atoms. The number of benzene rings is 1. The van der Waals surface area contributed by atoms with E-state index in [0.29, 0.717) is 0 Å². The zero-order valence-electron chi connectivity index (χ0n) is 7.95. The summed E-state index contributed by atoms with van der Waals surface area (Å²) in [4.78, 5) is 10.2. The van der Waals surface area contributed by atoms with Crippen LogP contribution >= 0.6 is 15.9 Å². The molecule has 0 saturated heterocycles. The Kier molecular flexibility index (Phi) is 3.60. The van der Waals surface area contributed by atoms with E-state index in [2.05, 4.69) is 21.2 Å². The maximum Gasteiger partial charge on any atom is 0.269 e. The van der Waals surface area contributed by atoms with E-state index in [9.17, 15) is 10.1 Å². The van der Waals surface area contributed by atoms with Gasteiger partial charge in [0.25, 0.3) is 5.69 Å². The molecule has 0 unspecified atom stereocenters. The number of nitro benzene ring substituents is 1. The molecule has 1 N–H and O–H groups in total.